The second-order valence-corrected chi connectivity index (χ2v) is 12.9. The number of hydroxylamine groups is 1. The molecule has 2 unspecified atom stereocenters. The monoisotopic (exact) mass is 578 g/mol. The molecule has 3 N–H and O–H groups in total. The Balaban J connectivity index is 2.23. The van der Waals surface area contributed by atoms with Gasteiger partial charge in [0.15, 0.2) is 11.9 Å². The molecule has 0 bridgehead atoms. The van der Waals surface area contributed by atoms with Gasteiger partial charge >= 0.3 is 0 Å². The number of carbonyl (C=O) groups is 1. The smallest absolute Gasteiger partial charge is 0.194 e. The lowest BCUT2D eigenvalue weighted by molar-refractivity contribution is -0.131. The summed E-state index contributed by atoms with van der Waals surface area (Å²) in [5, 5.41) is 0. The zero-order valence-electron chi connectivity index (χ0n) is 27.9. The lowest BCUT2D eigenvalue weighted by atomic mass is 9.89. The van der Waals surface area contributed by atoms with Crippen molar-refractivity contribution in [3.8, 4) is 0 Å². The van der Waals surface area contributed by atoms with Gasteiger partial charge < -0.3 is 10.6 Å². The zero-order chi connectivity index (χ0) is 29.8. The summed E-state index contributed by atoms with van der Waals surface area (Å²) < 4.78 is 0. The summed E-state index contributed by atoms with van der Waals surface area (Å²) in [4.78, 5) is 19.6. The maximum absolute atomic E-state index is 11.5. The summed E-state index contributed by atoms with van der Waals surface area (Å²) in [5.41, 5.74) is 9.21. The molecule has 0 aromatic rings. The van der Waals surface area contributed by atoms with Gasteiger partial charge in [-0.15, -0.1) is 0 Å². The largest absolute Gasteiger partial charge is 0.399 e. The van der Waals surface area contributed by atoms with Crippen molar-refractivity contribution in [2.45, 2.75) is 181 Å². The normalized spacial score (nSPS) is 15.9. The third-order valence-corrected chi connectivity index (χ3v) is 8.92. The average molecular weight is 578 g/mol. The minimum Gasteiger partial charge on any atom is -0.399 e. The average Bonchev–Trinajstić information content (AvgIpc) is 2.97. The van der Waals surface area contributed by atoms with Crippen molar-refractivity contribution in [1.29, 1.82) is 0 Å². The Labute approximate surface area is 256 Å². The molecule has 0 heterocycles. The first-order valence-corrected chi connectivity index (χ1v) is 18.2. The topological polar surface area (TPSA) is 67.6 Å². The highest BCUT2D eigenvalue weighted by Crippen LogP contribution is 2.24. The fraction of sp³-hybridized carbons (Fsp3) is 0.917. The van der Waals surface area contributed by atoms with Gasteiger partial charge in [-0.1, -0.05) is 156 Å². The third-order valence-electron chi connectivity index (χ3n) is 8.92. The van der Waals surface area contributed by atoms with Crippen molar-refractivity contribution in [3.63, 3.8) is 0 Å². The molecule has 2 atom stereocenters. The Morgan fingerprint density at radius 3 is 1.54 bits per heavy atom. The highest BCUT2D eigenvalue weighted by Gasteiger charge is 2.29. The van der Waals surface area contributed by atoms with Gasteiger partial charge in [-0.25, -0.2) is 5.48 Å². The molecule has 0 fully saturated rings. The van der Waals surface area contributed by atoms with Crippen LogP contribution in [0.1, 0.15) is 175 Å². The number of rotatable bonds is 32. The van der Waals surface area contributed by atoms with Crippen LogP contribution in [0, 0.1) is 5.92 Å². The van der Waals surface area contributed by atoms with Crippen molar-refractivity contribution in [1.82, 2.24) is 10.4 Å². The van der Waals surface area contributed by atoms with Crippen molar-refractivity contribution in [2.24, 2.45) is 11.7 Å². The van der Waals surface area contributed by atoms with Crippen LogP contribution >= 0.6 is 0 Å². The maximum Gasteiger partial charge on any atom is 0.194 e. The van der Waals surface area contributed by atoms with Crippen LogP contribution in [0.5, 0.6) is 0 Å². The fourth-order valence-corrected chi connectivity index (χ4v) is 6.11. The Hall–Kier alpha value is -0.910. The second-order valence-electron chi connectivity index (χ2n) is 12.9. The number of carbonyl (C=O) groups excluding carboxylic acids is 1. The van der Waals surface area contributed by atoms with E-state index in [2.05, 4.69) is 31.2 Å². The summed E-state index contributed by atoms with van der Waals surface area (Å²) in [6, 6.07) is 0. The van der Waals surface area contributed by atoms with Crippen LogP contribution in [0.25, 0.3) is 0 Å². The van der Waals surface area contributed by atoms with Crippen LogP contribution in [0.4, 0.5) is 0 Å². The number of nitrogens with two attached hydrogens (primary N) is 1. The third kappa shape index (κ3) is 21.4. The lowest BCUT2D eigenvalue weighted by Crippen LogP contribution is -2.42. The molecule has 0 amide bonds. The van der Waals surface area contributed by atoms with Crippen LogP contribution < -0.4 is 11.2 Å². The number of ketones is 1. The summed E-state index contributed by atoms with van der Waals surface area (Å²) >= 11 is 0. The van der Waals surface area contributed by atoms with Crippen LogP contribution in [0.2, 0.25) is 0 Å². The van der Waals surface area contributed by atoms with E-state index in [0.717, 1.165) is 25.4 Å². The molecule has 0 aromatic heterocycles. The number of unbranched alkanes of at least 4 members (excludes halogenated alkanes) is 16. The van der Waals surface area contributed by atoms with Crippen molar-refractivity contribution in [3.05, 3.63) is 11.8 Å². The molecular formula is C36H71N3O2. The first kappa shape index (κ1) is 38.1. The number of hydrogen-bond donors (Lipinski definition) is 2. The van der Waals surface area contributed by atoms with E-state index < -0.39 is 6.10 Å². The quantitative estimate of drug-likeness (QED) is 0.0615. The van der Waals surface area contributed by atoms with Crippen molar-refractivity contribution < 1.29 is 9.63 Å². The Bertz CT molecular complexity index is 624. The fourth-order valence-electron chi connectivity index (χ4n) is 6.11. The van der Waals surface area contributed by atoms with Crippen LogP contribution in [-0.4, -0.2) is 43.0 Å². The van der Waals surface area contributed by atoms with Crippen LogP contribution in [0.15, 0.2) is 11.8 Å². The predicted octanol–water partition coefficient (Wildman–Crippen LogP) is 9.64. The van der Waals surface area contributed by atoms with E-state index in [9.17, 15) is 4.79 Å². The van der Waals surface area contributed by atoms with Gasteiger partial charge in [-0.2, -0.15) is 0 Å². The van der Waals surface area contributed by atoms with E-state index >= 15 is 0 Å². The zero-order valence-corrected chi connectivity index (χ0v) is 27.9. The molecule has 242 valence electrons. The van der Waals surface area contributed by atoms with E-state index in [1.807, 2.05) is 0 Å². The second kappa shape index (κ2) is 27.9. The summed E-state index contributed by atoms with van der Waals surface area (Å²) in [6.45, 7) is 11.2. The predicted molar refractivity (Wildman–Crippen MR) is 178 cm³/mol. The highest BCUT2D eigenvalue weighted by molar-refractivity contribution is 6.03. The van der Waals surface area contributed by atoms with E-state index in [1.54, 1.807) is 0 Å². The van der Waals surface area contributed by atoms with Crippen LogP contribution in [0.3, 0.4) is 0 Å². The SMILES string of the molecule is CCCCCCCCN(CCCCCCCC(CCCCCC)CCCCCCC)CCCNOC1C(=O)C=C1N. The molecule has 0 spiro atoms. The maximum atomic E-state index is 11.5. The molecule has 41 heavy (non-hydrogen) atoms. The molecule has 5 nitrogen and oxygen atoms in total. The van der Waals surface area contributed by atoms with Crippen molar-refractivity contribution in [2.75, 3.05) is 26.2 Å². The van der Waals surface area contributed by atoms with Gasteiger partial charge in [0, 0.05) is 12.6 Å². The minimum absolute atomic E-state index is 0.0374. The number of hydrogen-bond acceptors (Lipinski definition) is 5. The van der Waals surface area contributed by atoms with E-state index in [4.69, 9.17) is 10.6 Å². The van der Waals surface area contributed by atoms with Gasteiger partial charge in [-0.3, -0.25) is 9.63 Å². The Morgan fingerprint density at radius 2 is 1.07 bits per heavy atom. The number of nitrogens with one attached hydrogen (secondary N) is 1. The van der Waals surface area contributed by atoms with Gasteiger partial charge in [0.25, 0.3) is 0 Å². The van der Waals surface area contributed by atoms with Crippen LogP contribution in [-0.2, 0) is 9.63 Å². The molecule has 0 radical (unpaired) electrons. The van der Waals surface area contributed by atoms with E-state index in [0.29, 0.717) is 5.70 Å². The number of nitrogens with zero attached hydrogens (tertiary/aromatic N) is 1. The molecule has 0 aromatic carbocycles. The molecule has 0 aliphatic heterocycles. The molecule has 0 saturated heterocycles. The van der Waals surface area contributed by atoms with E-state index in [-0.39, 0.29) is 5.78 Å². The standard InChI is InChI=1S/C36H71N3O2/c1-4-7-10-13-17-22-29-39(31-24-28-38-41-36-34(37)32-35(36)40)30-23-18-14-16-21-27-33(25-19-12-9-6-3)26-20-15-11-8-5-2/h32-33,36,38H,4-31,37H2,1-3H3. The molecule has 5 heteroatoms. The molecule has 1 aliphatic carbocycles. The Morgan fingerprint density at radius 1 is 0.659 bits per heavy atom. The summed E-state index contributed by atoms with van der Waals surface area (Å²) in [5.74, 6) is 0.943. The van der Waals surface area contributed by atoms with Gasteiger partial charge in [-0.05, 0) is 44.8 Å². The van der Waals surface area contributed by atoms with E-state index in [1.165, 1.54) is 167 Å². The first-order chi connectivity index (χ1) is 20.1. The Kier molecular flexibility index (Phi) is 25.9. The molecule has 1 aliphatic rings. The highest BCUT2D eigenvalue weighted by atomic mass is 16.7. The molecule has 1 rings (SSSR count). The van der Waals surface area contributed by atoms with Gasteiger partial charge in [0.2, 0.25) is 0 Å². The summed E-state index contributed by atoms with van der Waals surface area (Å²) in [7, 11) is 0. The lowest BCUT2D eigenvalue weighted by Gasteiger charge is -2.24. The molecular weight excluding hydrogens is 506 g/mol. The summed E-state index contributed by atoms with van der Waals surface area (Å²) in [6.07, 6.45) is 34.1. The molecule has 0 saturated carbocycles. The first-order valence-electron chi connectivity index (χ1n) is 18.2. The van der Waals surface area contributed by atoms with Crippen molar-refractivity contribution >= 4 is 5.78 Å². The minimum atomic E-state index is -0.573. The van der Waals surface area contributed by atoms with Gasteiger partial charge in [0.05, 0.1) is 5.70 Å². The van der Waals surface area contributed by atoms with Gasteiger partial charge in [0.1, 0.15) is 0 Å².